The molecule has 3 aromatic carbocycles. The molecule has 3 N–H and O–H groups in total. The van der Waals surface area contributed by atoms with Gasteiger partial charge in [0.05, 0.1) is 22.2 Å². The number of fused-ring (bicyclic) bond motifs is 1. The molecule has 0 amide bonds. The standard InChI is InChI=1S/C25H21N3O6S/c1-15-9-21(16(2)28(15)22-11-19(24(29)30)10-20(12-22)25(31)32)14-26-27-35(33,34)23-8-7-17-5-3-4-6-18(17)13-23/h3-14,27H,1-2H3,(H,29,30)(H,31,32)/b26-14+. The van der Waals surface area contributed by atoms with Crippen molar-refractivity contribution in [2.75, 3.05) is 0 Å². The molecule has 4 aromatic rings. The lowest BCUT2D eigenvalue weighted by atomic mass is 10.1. The Labute approximate surface area is 201 Å². The lowest BCUT2D eigenvalue weighted by Crippen LogP contribution is -2.18. The van der Waals surface area contributed by atoms with E-state index in [2.05, 4.69) is 9.93 Å². The molecule has 35 heavy (non-hydrogen) atoms. The minimum Gasteiger partial charge on any atom is -0.478 e. The van der Waals surface area contributed by atoms with E-state index in [0.29, 0.717) is 22.6 Å². The molecule has 10 heteroatoms. The van der Waals surface area contributed by atoms with Gasteiger partial charge < -0.3 is 14.8 Å². The molecule has 0 spiro atoms. The first-order valence-electron chi connectivity index (χ1n) is 10.4. The first-order valence-corrected chi connectivity index (χ1v) is 11.9. The highest BCUT2D eigenvalue weighted by atomic mass is 32.2. The molecule has 0 bridgehead atoms. The van der Waals surface area contributed by atoms with E-state index in [0.717, 1.165) is 16.8 Å². The number of hydrogen-bond acceptors (Lipinski definition) is 5. The minimum atomic E-state index is -3.91. The molecule has 0 unspecified atom stereocenters. The van der Waals surface area contributed by atoms with Gasteiger partial charge in [0.15, 0.2) is 0 Å². The Bertz CT molecular complexity index is 1590. The Hall–Kier alpha value is -4.44. The summed E-state index contributed by atoms with van der Waals surface area (Å²) in [5.41, 5.74) is 1.90. The molecular weight excluding hydrogens is 470 g/mol. The first kappa shape index (κ1) is 23.7. The smallest absolute Gasteiger partial charge is 0.335 e. The molecule has 0 aliphatic heterocycles. The van der Waals surface area contributed by atoms with Gasteiger partial charge in [-0.2, -0.15) is 13.5 Å². The fraction of sp³-hybridized carbons (Fsp3) is 0.0800. The number of aryl methyl sites for hydroxylation is 1. The quantitative estimate of drug-likeness (QED) is 0.264. The Morgan fingerprint density at radius 1 is 0.886 bits per heavy atom. The molecule has 0 fully saturated rings. The average Bonchev–Trinajstić information content (AvgIpc) is 3.11. The fourth-order valence-corrected chi connectivity index (χ4v) is 4.68. The molecule has 0 aliphatic rings. The van der Waals surface area contributed by atoms with Crippen molar-refractivity contribution in [1.29, 1.82) is 0 Å². The SMILES string of the molecule is Cc1cc(/C=N/NS(=O)(=O)c2ccc3ccccc3c2)c(C)n1-c1cc(C(=O)O)cc(C(=O)O)c1. The molecule has 9 nitrogen and oxygen atoms in total. The highest BCUT2D eigenvalue weighted by molar-refractivity contribution is 7.89. The van der Waals surface area contributed by atoms with Crippen molar-refractivity contribution in [2.45, 2.75) is 18.7 Å². The molecule has 1 heterocycles. The first-order chi connectivity index (χ1) is 16.6. The van der Waals surface area contributed by atoms with Crippen molar-refractivity contribution in [3.63, 3.8) is 0 Å². The molecule has 0 radical (unpaired) electrons. The summed E-state index contributed by atoms with van der Waals surface area (Å²) in [5.74, 6) is -2.50. The third kappa shape index (κ3) is 4.78. The number of benzene rings is 3. The van der Waals surface area contributed by atoms with Crippen molar-refractivity contribution in [2.24, 2.45) is 5.10 Å². The highest BCUT2D eigenvalue weighted by Crippen LogP contribution is 2.23. The van der Waals surface area contributed by atoms with Crippen LogP contribution in [0.15, 0.2) is 76.7 Å². The van der Waals surface area contributed by atoms with Gasteiger partial charge in [-0.1, -0.05) is 30.3 Å². The van der Waals surface area contributed by atoms with E-state index in [1.165, 1.54) is 24.4 Å². The van der Waals surface area contributed by atoms with Crippen LogP contribution in [0.1, 0.15) is 37.7 Å². The molecule has 178 valence electrons. The highest BCUT2D eigenvalue weighted by Gasteiger charge is 2.17. The maximum absolute atomic E-state index is 12.7. The fourth-order valence-electron chi connectivity index (χ4n) is 3.86. The van der Waals surface area contributed by atoms with Crippen LogP contribution in [0.2, 0.25) is 0 Å². The van der Waals surface area contributed by atoms with Crippen LogP contribution in [-0.4, -0.2) is 41.4 Å². The van der Waals surface area contributed by atoms with Crippen LogP contribution in [0, 0.1) is 13.8 Å². The van der Waals surface area contributed by atoms with Crippen molar-refractivity contribution in [1.82, 2.24) is 9.40 Å². The minimum absolute atomic E-state index is 0.0745. The zero-order valence-electron chi connectivity index (χ0n) is 18.8. The summed E-state index contributed by atoms with van der Waals surface area (Å²) in [6.45, 7) is 3.50. The Morgan fingerprint density at radius 2 is 1.51 bits per heavy atom. The summed E-state index contributed by atoms with van der Waals surface area (Å²) in [7, 11) is -3.91. The second kappa shape index (κ2) is 9.07. The lowest BCUT2D eigenvalue weighted by molar-refractivity contribution is 0.0696. The number of carbonyl (C=O) groups is 2. The number of aromatic nitrogens is 1. The van der Waals surface area contributed by atoms with E-state index >= 15 is 0 Å². The molecule has 4 rings (SSSR count). The van der Waals surface area contributed by atoms with Gasteiger partial charge in [-0.25, -0.2) is 14.4 Å². The number of hydrogen-bond donors (Lipinski definition) is 3. The monoisotopic (exact) mass is 491 g/mol. The van der Waals surface area contributed by atoms with Crippen LogP contribution < -0.4 is 4.83 Å². The zero-order chi connectivity index (χ0) is 25.3. The molecule has 0 atom stereocenters. The van der Waals surface area contributed by atoms with Gasteiger partial charge in [0.25, 0.3) is 10.0 Å². The Morgan fingerprint density at radius 3 is 2.14 bits per heavy atom. The molecular formula is C25H21N3O6S. The van der Waals surface area contributed by atoms with Crippen LogP contribution in [0.5, 0.6) is 0 Å². The number of hydrazone groups is 1. The van der Waals surface area contributed by atoms with Crippen molar-refractivity contribution < 1.29 is 28.2 Å². The number of sulfonamides is 1. The zero-order valence-corrected chi connectivity index (χ0v) is 19.6. The number of rotatable bonds is 7. The summed E-state index contributed by atoms with van der Waals surface area (Å²) in [6.07, 6.45) is 1.34. The molecule has 1 aromatic heterocycles. The maximum Gasteiger partial charge on any atom is 0.335 e. The maximum atomic E-state index is 12.7. The van der Waals surface area contributed by atoms with Gasteiger partial charge in [0.1, 0.15) is 0 Å². The summed E-state index contributed by atoms with van der Waals surface area (Å²) in [6, 6.07) is 17.8. The largest absolute Gasteiger partial charge is 0.478 e. The van der Waals surface area contributed by atoms with Gasteiger partial charge in [-0.3, -0.25) is 0 Å². The van der Waals surface area contributed by atoms with Crippen LogP contribution >= 0.6 is 0 Å². The molecule has 0 saturated carbocycles. The van der Waals surface area contributed by atoms with Gasteiger partial charge in [-0.05, 0) is 61.0 Å². The normalized spacial score (nSPS) is 11.7. The van der Waals surface area contributed by atoms with Gasteiger partial charge in [0, 0.05) is 22.6 Å². The van der Waals surface area contributed by atoms with Crippen LogP contribution in [0.4, 0.5) is 0 Å². The Kier molecular flexibility index (Phi) is 6.14. The van der Waals surface area contributed by atoms with Crippen molar-refractivity contribution >= 4 is 38.9 Å². The second-order valence-corrected chi connectivity index (χ2v) is 9.56. The summed E-state index contributed by atoms with van der Waals surface area (Å²) in [5, 5.41) is 24.3. The van der Waals surface area contributed by atoms with E-state index in [9.17, 15) is 28.2 Å². The number of nitrogens with one attached hydrogen (secondary N) is 1. The van der Waals surface area contributed by atoms with Crippen molar-refractivity contribution in [3.8, 4) is 5.69 Å². The number of nitrogens with zero attached hydrogens (tertiary/aromatic N) is 2. The average molecular weight is 492 g/mol. The summed E-state index contributed by atoms with van der Waals surface area (Å²) < 4.78 is 27.1. The molecule has 0 saturated heterocycles. The number of carboxylic acid groups (broad SMARTS) is 2. The van der Waals surface area contributed by atoms with Gasteiger partial charge in [0.2, 0.25) is 0 Å². The lowest BCUT2D eigenvalue weighted by Gasteiger charge is -2.12. The van der Waals surface area contributed by atoms with Crippen LogP contribution in [-0.2, 0) is 10.0 Å². The van der Waals surface area contributed by atoms with E-state index in [4.69, 9.17) is 0 Å². The summed E-state index contributed by atoms with van der Waals surface area (Å²) >= 11 is 0. The van der Waals surface area contributed by atoms with E-state index in [1.807, 2.05) is 24.3 Å². The van der Waals surface area contributed by atoms with Gasteiger partial charge >= 0.3 is 11.9 Å². The topological polar surface area (TPSA) is 138 Å². The predicted octanol–water partition coefficient (Wildman–Crippen LogP) is 3.96. The van der Waals surface area contributed by atoms with Gasteiger partial charge in [-0.15, -0.1) is 0 Å². The third-order valence-electron chi connectivity index (χ3n) is 5.55. The van der Waals surface area contributed by atoms with Crippen LogP contribution in [0.3, 0.4) is 0 Å². The summed E-state index contributed by atoms with van der Waals surface area (Å²) in [4.78, 5) is 25.2. The predicted molar refractivity (Wildman–Crippen MR) is 131 cm³/mol. The third-order valence-corrected chi connectivity index (χ3v) is 6.77. The van der Waals surface area contributed by atoms with E-state index in [-0.39, 0.29) is 16.0 Å². The molecule has 0 aliphatic carbocycles. The number of carboxylic acids is 2. The van der Waals surface area contributed by atoms with Crippen molar-refractivity contribution in [3.05, 3.63) is 94.8 Å². The van der Waals surface area contributed by atoms with Crippen LogP contribution in [0.25, 0.3) is 16.5 Å². The Balaban J connectivity index is 1.64. The van der Waals surface area contributed by atoms with E-state index in [1.54, 1.807) is 36.6 Å². The number of aromatic carboxylic acids is 2. The second-order valence-electron chi connectivity index (χ2n) is 7.90. The van der Waals surface area contributed by atoms with E-state index < -0.39 is 22.0 Å².